The molecule has 116 valence electrons. The van der Waals surface area contributed by atoms with Crippen molar-refractivity contribution < 1.29 is 14.6 Å². The third kappa shape index (κ3) is 2.62. The number of rotatable bonds is 3. The molecule has 3 atom stereocenters. The number of methoxy groups -OCH3 is 2. The van der Waals surface area contributed by atoms with Gasteiger partial charge in [-0.2, -0.15) is 0 Å². The fourth-order valence-corrected chi connectivity index (χ4v) is 4.03. The van der Waals surface area contributed by atoms with Gasteiger partial charge in [0.15, 0.2) is 0 Å². The summed E-state index contributed by atoms with van der Waals surface area (Å²) in [5.41, 5.74) is 0.573. The lowest BCUT2D eigenvalue weighted by Crippen LogP contribution is -2.53. The van der Waals surface area contributed by atoms with Crippen molar-refractivity contribution >= 4 is 0 Å². The van der Waals surface area contributed by atoms with Crippen molar-refractivity contribution in [3.8, 4) is 11.5 Å². The summed E-state index contributed by atoms with van der Waals surface area (Å²) in [6, 6.07) is 6.04. The molecule has 1 saturated heterocycles. The Bertz CT molecular complexity index is 501. The molecule has 21 heavy (non-hydrogen) atoms. The fourth-order valence-electron chi connectivity index (χ4n) is 4.03. The average Bonchev–Trinajstić information content (AvgIpc) is 2.53. The van der Waals surface area contributed by atoms with E-state index in [9.17, 15) is 5.11 Å². The standard InChI is InChI=1S/C17H25NO3/c1-20-12-6-7-15(21-2)13(11-12)16-14-5-3-4-8-17(14,19)9-10-18-16/h6-7,11,14,16,18-19H,3-5,8-10H2,1-2H3/t14-,16+,17+/m1/s1. The van der Waals surface area contributed by atoms with Crippen LogP contribution in [0.25, 0.3) is 0 Å². The van der Waals surface area contributed by atoms with E-state index in [4.69, 9.17) is 9.47 Å². The molecule has 0 spiro atoms. The van der Waals surface area contributed by atoms with Gasteiger partial charge in [-0.3, -0.25) is 0 Å². The molecule has 1 aliphatic carbocycles. The van der Waals surface area contributed by atoms with Crippen molar-refractivity contribution in [2.45, 2.75) is 43.7 Å². The Kier molecular flexibility index (Phi) is 4.09. The van der Waals surface area contributed by atoms with Gasteiger partial charge in [-0.15, -0.1) is 0 Å². The van der Waals surface area contributed by atoms with Crippen molar-refractivity contribution in [3.05, 3.63) is 23.8 Å². The quantitative estimate of drug-likeness (QED) is 0.899. The number of aliphatic hydroxyl groups is 1. The molecule has 0 amide bonds. The first-order chi connectivity index (χ1) is 10.2. The minimum Gasteiger partial charge on any atom is -0.497 e. The third-order valence-electron chi connectivity index (χ3n) is 5.16. The van der Waals surface area contributed by atoms with Gasteiger partial charge in [0.2, 0.25) is 0 Å². The number of hydrogen-bond acceptors (Lipinski definition) is 4. The van der Waals surface area contributed by atoms with Gasteiger partial charge in [0, 0.05) is 17.5 Å². The number of ether oxygens (including phenoxy) is 2. The molecule has 2 N–H and O–H groups in total. The first kappa shape index (κ1) is 14.7. The minimum atomic E-state index is -0.526. The van der Waals surface area contributed by atoms with Crippen LogP contribution in [0.1, 0.15) is 43.7 Å². The monoisotopic (exact) mass is 291 g/mol. The van der Waals surface area contributed by atoms with Crippen LogP contribution in [0, 0.1) is 5.92 Å². The van der Waals surface area contributed by atoms with Crippen LogP contribution in [-0.2, 0) is 0 Å². The summed E-state index contributed by atoms with van der Waals surface area (Å²) >= 11 is 0. The molecule has 3 rings (SSSR count). The van der Waals surface area contributed by atoms with E-state index < -0.39 is 5.60 Å². The molecule has 1 saturated carbocycles. The number of benzene rings is 1. The lowest BCUT2D eigenvalue weighted by atomic mass is 9.66. The summed E-state index contributed by atoms with van der Waals surface area (Å²) in [6.45, 7) is 0.845. The van der Waals surface area contributed by atoms with E-state index in [1.54, 1.807) is 14.2 Å². The Hall–Kier alpha value is -1.26. The van der Waals surface area contributed by atoms with E-state index in [0.717, 1.165) is 49.3 Å². The largest absolute Gasteiger partial charge is 0.497 e. The summed E-state index contributed by atoms with van der Waals surface area (Å²) in [4.78, 5) is 0. The molecule has 0 radical (unpaired) electrons. The van der Waals surface area contributed by atoms with Crippen LogP contribution in [-0.4, -0.2) is 31.5 Å². The molecule has 0 bridgehead atoms. The Morgan fingerprint density at radius 3 is 2.81 bits per heavy atom. The zero-order chi connectivity index (χ0) is 14.9. The molecule has 4 heteroatoms. The molecular formula is C17H25NO3. The zero-order valence-electron chi connectivity index (χ0n) is 12.9. The second kappa shape index (κ2) is 5.85. The molecule has 1 aromatic rings. The number of hydrogen-bond donors (Lipinski definition) is 2. The van der Waals surface area contributed by atoms with Gasteiger partial charge in [0.1, 0.15) is 11.5 Å². The number of nitrogens with one attached hydrogen (secondary N) is 1. The average molecular weight is 291 g/mol. The molecule has 1 aromatic carbocycles. The summed E-state index contributed by atoms with van der Waals surface area (Å²) in [6.07, 6.45) is 5.16. The Morgan fingerprint density at radius 1 is 1.19 bits per heavy atom. The second-order valence-electron chi connectivity index (χ2n) is 6.25. The van der Waals surface area contributed by atoms with Crippen molar-refractivity contribution in [1.82, 2.24) is 5.32 Å². The SMILES string of the molecule is COc1ccc(OC)c([C@@H]2NCC[C@@]3(O)CCCC[C@H]23)c1. The van der Waals surface area contributed by atoms with Crippen molar-refractivity contribution in [2.75, 3.05) is 20.8 Å². The summed E-state index contributed by atoms with van der Waals surface area (Å²) < 4.78 is 10.9. The van der Waals surface area contributed by atoms with Crippen LogP contribution in [0.4, 0.5) is 0 Å². The van der Waals surface area contributed by atoms with Gasteiger partial charge < -0.3 is 19.9 Å². The number of piperidine rings is 1. The molecular weight excluding hydrogens is 266 g/mol. The maximum atomic E-state index is 11.0. The Morgan fingerprint density at radius 2 is 2.05 bits per heavy atom. The lowest BCUT2D eigenvalue weighted by molar-refractivity contribution is -0.0863. The van der Waals surface area contributed by atoms with E-state index in [0.29, 0.717) is 0 Å². The van der Waals surface area contributed by atoms with Crippen LogP contribution >= 0.6 is 0 Å². The lowest BCUT2D eigenvalue weighted by Gasteiger charge is -2.48. The van der Waals surface area contributed by atoms with Crippen LogP contribution in [0.15, 0.2) is 18.2 Å². The first-order valence-electron chi connectivity index (χ1n) is 7.85. The smallest absolute Gasteiger partial charge is 0.123 e. The van der Waals surface area contributed by atoms with Crippen LogP contribution in [0.5, 0.6) is 11.5 Å². The first-order valence-corrected chi connectivity index (χ1v) is 7.85. The fraction of sp³-hybridized carbons (Fsp3) is 0.647. The normalized spacial score (nSPS) is 32.3. The predicted molar refractivity (Wildman–Crippen MR) is 81.8 cm³/mol. The highest BCUT2D eigenvalue weighted by atomic mass is 16.5. The summed E-state index contributed by atoms with van der Waals surface area (Å²) in [5.74, 6) is 1.95. The van der Waals surface area contributed by atoms with Gasteiger partial charge in [-0.1, -0.05) is 12.8 Å². The van der Waals surface area contributed by atoms with E-state index in [1.165, 1.54) is 6.42 Å². The van der Waals surface area contributed by atoms with Gasteiger partial charge in [0.25, 0.3) is 0 Å². The molecule has 1 aliphatic heterocycles. The van der Waals surface area contributed by atoms with Crippen molar-refractivity contribution in [3.63, 3.8) is 0 Å². The van der Waals surface area contributed by atoms with E-state index in [1.807, 2.05) is 18.2 Å². The van der Waals surface area contributed by atoms with Crippen molar-refractivity contribution in [1.29, 1.82) is 0 Å². The van der Waals surface area contributed by atoms with Crippen LogP contribution < -0.4 is 14.8 Å². The van der Waals surface area contributed by atoms with Gasteiger partial charge >= 0.3 is 0 Å². The highest BCUT2D eigenvalue weighted by Gasteiger charge is 2.46. The minimum absolute atomic E-state index is 0.133. The van der Waals surface area contributed by atoms with Crippen molar-refractivity contribution in [2.24, 2.45) is 5.92 Å². The maximum Gasteiger partial charge on any atom is 0.123 e. The predicted octanol–water partition coefficient (Wildman–Crippen LogP) is 2.66. The third-order valence-corrected chi connectivity index (χ3v) is 5.16. The summed E-state index contributed by atoms with van der Waals surface area (Å²) in [7, 11) is 3.37. The Balaban J connectivity index is 1.98. The molecule has 2 aliphatic rings. The topological polar surface area (TPSA) is 50.7 Å². The van der Waals surface area contributed by atoms with Crippen LogP contribution in [0.2, 0.25) is 0 Å². The van der Waals surface area contributed by atoms with Crippen LogP contribution in [0.3, 0.4) is 0 Å². The van der Waals surface area contributed by atoms with E-state index in [2.05, 4.69) is 5.32 Å². The Labute approximate surface area is 126 Å². The molecule has 0 unspecified atom stereocenters. The van der Waals surface area contributed by atoms with Gasteiger partial charge in [-0.05, 0) is 44.0 Å². The molecule has 4 nitrogen and oxygen atoms in total. The maximum absolute atomic E-state index is 11.0. The summed E-state index contributed by atoms with van der Waals surface area (Å²) in [5, 5.41) is 14.6. The highest BCUT2D eigenvalue weighted by Crippen LogP contribution is 2.47. The number of fused-ring (bicyclic) bond motifs is 1. The molecule has 1 heterocycles. The van der Waals surface area contributed by atoms with E-state index in [-0.39, 0.29) is 12.0 Å². The molecule has 2 fully saturated rings. The van der Waals surface area contributed by atoms with Gasteiger partial charge in [0.05, 0.1) is 19.8 Å². The van der Waals surface area contributed by atoms with E-state index >= 15 is 0 Å². The second-order valence-corrected chi connectivity index (χ2v) is 6.25. The van der Waals surface area contributed by atoms with Gasteiger partial charge in [-0.25, -0.2) is 0 Å². The zero-order valence-corrected chi connectivity index (χ0v) is 12.9. The molecule has 0 aromatic heterocycles. The highest BCUT2D eigenvalue weighted by molar-refractivity contribution is 5.43.